The molecule has 3 heterocycles. The molecule has 0 unspecified atom stereocenters. The molecule has 25 heavy (non-hydrogen) atoms. The van der Waals surface area contributed by atoms with Gasteiger partial charge in [0.15, 0.2) is 0 Å². The Kier molecular flexibility index (Phi) is 5.19. The van der Waals surface area contributed by atoms with Gasteiger partial charge in [-0.1, -0.05) is 5.16 Å². The Hall–Kier alpha value is -2.19. The monoisotopic (exact) mass is 348 g/mol. The second-order valence-electron chi connectivity index (χ2n) is 6.40. The van der Waals surface area contributed by atoms with E-state index in [0.717, 1.165) is 17.0 Å². The molecule has 8 heteroatoms. The maximum absolute atomic E-state index is 12.5. The van der Waals surface area contributed by atoms with Crippen molar-refractivity contribution in [1.29, 1.82) is 0 Å². The molecule has 3 rings (SSSR count). The van der Waals surface area contributed by atoms with E-state index < -0.39 is 0 Å². The molecule has 0 aliphatic carbocycles. The van der Waals surface area contributed by atoms with Crippen LogP contribution >= 0.6 is 0 Å². The Bertz CT molecular complexity index is 732. The first-order valence-corrected chi connectivity index (χ1v) is 8.38. The van der Waals surface area contributed by atoms with Gasteiger partial charge in [0.1, 0.15) is 11.9 Å². The number of carbonyl (C=O) groups is 1. The van der Waals surface area contributed by atoms with Crippen LogP contribution in [0.4, 0.5) is 0 Å². The molecule has 2 aromatic heterocycles. The van der Waals surface area contributed by atoms with Gasteiger partial charge in [0.25, 0.3) is 5.91 Å². The molecule has 1 fully saturated rings. The lowest BCUT2D eigenvalue weighted by atomic mass is 10.1. The van der Waals surface area contributed by atoms with Crippen molar-refractivity contribution in [3.8, 4) is 0 Å². The maximum atomic E-state index is 12.5. The van der Waals surface area contributed by atoms with Crippen LogP contribution in [0.15, 0.2) is 10.7 Å². The smallest absolute Gasteiger partial charge is 0.255 e. The number of amides is 1. The SMILES string of the molecule is Cc1nn(C)cc1C(=O)N[C@@H]1CCOC[C@H]1OCc1c(C)noc1C. The quantitative estimate of drug-likeness (QED) is 0.879. The number of hydrogen-bond acceptors (Lipinski definition) is 6. The van der Waals surface area contributed by atoms with Gasteiger partial charge in [-0.3, -0.25) is 9.48 Å². The molecule has 2 atom stereocenters. The molecule has 2 aromatic rings. The fourth-order valence-electron chi connectivity index (χ4n) is 3.01. The van der Waals surface area contributed by atoms with Crippen LogP contribution in [0.3, 0.4) is 0 Å². The van der Waals surface area contributed by atoms with Gasteiger partial charge in [0.2, 0.25) is 0 Å². The van der Waals surface area contributed by atoms with E-state index in [9.17, 15) is 4.79 Å². The summed E-state index contributed by atoms with van der Waals surface area (Å²) in [6.45, 7) is 7.00. The lowest BCUT2D eigenvalue weighted by Crippen LogP contribution is -2.50. The van der Waals surface area contributed by atoms with Gasteiger partial charge in [-0.25, -0.2) is 0 Å². The van der Waals surface area contributed by atoms with Crippen LogP contribution < -0.4 is 5.32 Å². The Labute approximate surface area is 146 Å². The van der Waals surface area contributed by atoms with E-state index in [2.05, 4.69) is 15.6 Å². The predicted molar refractivity (Wildman–Crippen MR) is 89.2 cm³/mol. The second kappa shape index (κ2) is 7.37. The van der Waals surface area contributed by atoms with Crippen LogP contribution in [-0.4, -0.2) is 46.2 Å². The van der Waals surface area contributed by atoms with E-state index in [-0.39, 0.29) is 18.1 Å². The van der Waals surface area contributed by atoms with Gasteiger partial charge in [0, 0.05) is 25.4 Å². The largest absolute Gasteiger partial charge is 0.379 e. The van der Waals surface area contributed by atoms with Crippen molar-refractivity contribution < 1.29 is 18.8 Å². The molecule has 0 aromatic carbocycles. The average Bonchev–Trinajstić information content (AvgIpc) is 3.08. The Morgan fingerprint density at radius 2 is 2.20 bits per heavy atom. The van der Waals surface area contributed by atoms with E-state index in [1.165, 1.54) is 0 Å². The first-order chi connectivity index (χ1) is 12.0. The maximum Gasteiger partial charge on any atom is 0.255 e. The molecule has 0 radical (unpaired) electrons. The first kappa shape index (κ1) is 17.6. The molecule has 8 nitrogen and oxygen atoms in total. The van der Waals surface area contributed by atoms with E-state index in [1.54, 1.807) is 17.9 Å². The summed E-state index contributed by atoms with van der Waals surface area (Å²) < 4.78 is 18.3. The number of hydrogen-bond donors (Lipinski definition) is 1. The lowest BCUT2D eigenvalue weighted by molar-refractivity contribution is -0.0739. The van der Waals surface area contributed by atoms with E-state index in [4.69, 9.17) is 14.0 Å². The third kappa shape index (κ3) is 3.91. The predicted octanol–water partition coefficient (Wildman–Crippen LogP) is 1.44. The molecule has 1 amide bonds. The number of rotatable bonds is 5. The minimum Gasteiger partial charge on any atom is -0.379 e. The third-order valence-electron chi connectivity index (χ3n) is 4.50. The van der Waals surface area contributed by atoms with Crippen molar-refractivity contribution >= 4 is 5.91 Å². The molecule has 0 spiro atoms. The molecule has 1 N–H and O–H groups in total. The minimum atomic E-state index is -0.219. The average molecular weight is 348 g/mol. The fraction of sp³-hybridized carbons (Fsp3) is 0.588. The van der Waals surface area contributed by atoms with E-state index in [0.29, 0.717) is 37.5 Å². The normalized spacial score (nSPS) is 20.6. The minimum absolute atomic E-state index is 0.110. The Morgan fingerprint density at radius 1 is 1.40 bits per heavy atom. The molecule has 1 saturated heterocycles. The number of ether oxygens (including phenoxy) is 2. The summed E-state index contributed by atoms with van der Waals surface area (Å²) in [5, 5.41) is 11.2. The van der Waals surface area contributed by atoms with Crippen LogP contribution in [0.1, 0.15) is 39.5 Å². The molecule has 1 aliphatic heterocycles. The van der Waals surface area contributed by atoms with Crippen molar-refractivity contribution in [1.82, 2.24) is 20.3 Å². The highest BCUT2D eigenvalue weighted by Crippen LogP contribution is 2.18. The number of nitrogens with zero attached hydrogens (tertiary/aromatic N) is 3. The number of carbonyl (C=O) groups excluding carboxylic acids is 1. The van der Waals surface area contributed by atoms with Crippen LogP contribution in [0, 0.1) is 20.8 Å². The Balaban J connectivity index is 1.64. The van der Waals surface area contributed by atoms with Crippen molar-refractivity contribution in [3.63, 3.8) is 0 Å². The molecular formula is C17H24N4O4. The molecule has 1 aliphatic rings. The van der Waals surface area contributed by atoms with Crippen LogP contribution in [0.5, 0.6) is 0 Å². The molecular weight excluding hydrogens is 324 g/mol. The van der Waals surface area contributed by atoms with Crippen LogP contribution in [0.2, 0.25) is 0 Å². The second-order valence-corrected chi connectivity index (χ2v) is 6.40. The van der Waals surface area contributed by atoms with Gasteiger partial charge in [0.05, 0.1) is 36.2 Å². The Morgan fingerprint density at radius 3 is 2.84 bits per heavy atom. The molecule has 0 bridgehead atoms. The summed E-state index contributed by atoms with van der Waals surface area (Å²) in [6.07, 6.45) is 2.21. The molecule has 136 valence electrons. The highest BCUT2D eigenvalue weighted by Gasteiger charge is 2.29. The van der Waals surface area contributed by atoms with Crippen LogP contribution in [0.25, 0.3) is 0 Å². The number of nitrogens with one attached hydrogen (secondary N) is 1. The van der Waals surface area contributed by atoms with Gasteiger partial charge < -0.3 is 19.3 Å². The van der Waals surface area contributed by atoms with Crippen LogP contribution in [-0.2, 0) is 23.1 Å². The summed E-state index contributed by atoms with van der Waals surface area (Å²) in [4.78, 5) is 12.5. The third-order valence-corrected chi connectivity index (χ3v) is 4.50. The van der Waals surface area contributed by atoms with Gasteiger partial charge in [-0.15, -0.1) is 0 Å². The zero-order valence-corrected chi connectivity index (χ0v) is 15.0. The summed E-state index contributed by atoms with van der Waals surface area (Å²) in [6, 6.07) is -0.110. The van der Waals surface area contributed by atoms with E-state index >= 15 is 0 Å². The van der Waals surface area contributed by atoms with Crippen molar-refractivity contribution in [2.75, 3.05) is 13.2 Å². The zero-order valence-electron chi connectivity index (χ0n) is 15.0. The topological polar surface area (TPSA) is 91.4 Å². The van der Waals surface area contributed by atoms with Crippen molar-refractivity contribution in [3.05, 3.63) is 34.5 Å². The lowest BCUT2D eigenvalue weighted by Gasteiger charge is -2.32. The first-order valence-electron chi connectivity index (χ1n) is 8.38. The van der Waals surface area contributed by atoms with Crippen molar-refractivity contribution in [2.45, 2.75) is 45.9 Å². The molecule has 0 saturated carbocycles. The highest BCUT2D eigenvalue weighted by atomic mass is 16.5. The summed E-state index contributed by atoms with van der Waals surface area (Å²) in [7, 11) is 1.80. The summed E-state index contributed by atoms with van der Waals surface area (Å²) >= 11 is 0. The number of aromatic nitrogens is 3. The van der Waals surface area contributed by atoms with Gasteiger partial charge >= 0.3 is 0 Å². The number of aryl methyl sites for hydroxylation is 4. The standard InChI is InChI=1S/C17H24N4O4/c1-10-13(7-21(4)19-10)17(22)18-15-5-6-23-9-16(15)24-8-14-11(2)20-25-12(14)3/h7,15-16H,5-6,8-9H2,1-4H3,(H,18,22)/t15-,16-/m1/s1. The highest BCUT2D eigenvalue weighted by molar-refractivity contribution is 5.95. The zero-order chi connectivity index (χ0) is 18.0. The van der Waals surface area contributed by atoms with Gasteiger partial charge in [-0.2, -0.15) is 5.10 Å². The summed E-state index contributed by atoms with van der Waals surface area (Å²) in [5.41, 5.74) is 3.05. The van der Waals surface area contributed by atoms with E-state index in [1.807, 2.05) is 20.8 Å². The summed E-state index contributed by atoms with van der Waals surface area (Å²) in [5.74, 6) is 0.615. The van der Waals surface area contributed by atoms with Crippen molar-refractivity contribution in [2.24, 2.45) is 7.05 Å². The fourth-order valence-corrected chi connectivity index (χ4v) is 3.01. The van der Waals surface area contributed by atoms with Gasteiger partial charge in [-0.05, 0) is 27.2 Å².